The summed E-state index contributed by atoms with van der Waals surface area (Å²) in [5.74, 6) is 0. The first-order valence-electron chi connectivity index (χ1n) is 5.81. The minimum atomic E-state index is -4.29. The zero-order chi connectivity index (χ0) is 14.3. The normalized spacial score (nSPS) is 12.7. The standard InChI is InChI=1S/C14H14F3NS/c1-13(2,3)12-18-11(8-19-12)9-4-6-10(7-5-9)14(15,16)17/h4-8H,1-3H3. The summed E-state index contributed by atoms with van der Waals surface area (Å²) < 4.78 is 37.4. The van der Waals surface area contributed by atoms with Crippen molar-refractivity contribution in [1.82, 2.24) is 4.98 Å². The summed E-state index contributed by atoms with van der Waals surface area (Å²) in [7, 11) is 0. The average Bonchev–Trinajstić information content (AvgIpc) is 2.77. The molecule has 102 valence electrons. The lowest BCUT2D eigenvalue weighted by atomic mass is 9.98. The molecule has 0 spiro atoms. The highest BCUT2D eigenvalue weighted by Crippen LogP contribution is 2.33. The summed E-state index contributed by atoms with van der Waals surface area (Å²) in [5.41, 5.74) is 0.750. The molecular weight excluding hydrogens is 271 g/mol. The van der Waals surface area contributed by atoms with Crippen molar-refractivity contribution >= 4 is 11.3 Å². The van der Waals surface area contributed by atoms with Gasteiger partial charge in [0.2, 0.25) is 0 Å². The van der Waals surface area contributed by atoms with Crippen LogP contribution in [0.4, 0.5) is 13.2 Å². The van der Waals surface area contributed by atoms with Crippen LogP contribution in [0.5, 0.6) is 0 Å². The minimum Gasteiger partial charge on any atom is -0.241 e. The number of halogens is 3. The number of alkyl halides is 3. The molecule has 0 bridgehead atoms. The van der Waals surface area contributed by atoms with E-state index >= 15 is 0 Å². The largest absolute Gasteiger partial charge is 0.416 e. The second-order valence-corrected chi connectivity index (χ2v) is 6.22. The molecule has 0 radical (unpaired) electrons. The van der Waals surface area contributed by atoms with E-state index in [2.05, 4.69) is 25.8 Å². The third-order valence-electron chi connectivity index (χ3n) is 2.65. The number of benzene rings is 1. The van der Waals surface area contributed by atoms with Crippen molar-refractivity contribution in [2.45, 2.75) is 32.4 Å². The summed E-state index contributed by atoms with van der Waals surface area (Å²) in [4.78, 5) is 4.48. The fourth-order valence-corrected chi connectivity index (χ4v) is 2.50. The van der Waals surface area contributed by atoms with Crippen molar-refractivity contribution in [1.29, 1.82) is 0 Å². The molecule has 2 aromatic rings. The van der Waals surface area contributed by atoms with Crippen LogP contribution in [0.25, 0.3) is 11.3 Å². The third-order valence-corrected chi connectivity index (χ3v) is 3.92. The van der Waals surface area contributed by atoms with E-state index in [0.717, 1.165) is 22.8 Å². The summed E-state index contributed by atoms with van der Waals surface area (Å²) in [6.07, 6.45) is -4.29. The smallest absolute Gasteiger partial charge is 0.241 e. The molecule has 0 saturated carbocycles. The number of nitrogens with zero attached hydrogens (tertiary/aromatic N) is 1. The van der Waals surface area contributed by atoms with E-state index in [1.807, 2.05) is 5.38 Å². The maximum absolute atomic E-state index is 12.5. The third kappa shape index (κ3) is 3.15. The van der Waals surface area contributed by atoms with Gasteiger partial charge in [0.25, 0.3) is 0 Å². The number of thiazole rings is 1. The molecule has 1 aromatic carbocycles. The highest BCUT2D eigenvalue weighted by molar-refractivity contribution is 7.10. The van der Waals surface area contributed by atoms with E-state index in [1.165, 1.54) is 23.5 Å². The zero-order valence-electron chi connectivity index (χ0n) is 10.9. The average molecular weight is 285 g/mol. The van der Waals surface area contributed by atoms with Crippen molar-refractivity contribution < 1.29 is 13.2 Å². The van der Waals surface area contributed by atoms with Crippen LogP contribution in [0.1, 0.15) is 31.3 Å². The van der Waals surface area contributed by atoms with Crippen LogP contribution in [0.3, 0.4) is 0 Å². The molecule has 1 nitrogen and oxygen atoms in total. The zero-order valence-corrected chi connectivity index (χ0v) is 11.7. The van der Waals surface area contributed by atoms with Gasteiger partial charge >= 0.3 is 6.18 Å². The summed E-state index contributed by atoms with van der Waals surface area (Å²) >= 11 is 1.53. The summed E-state index contributed by atoms with van der Waals surface area (Å²) in [6, 6.07) is 5.10. The molecule has 0 unspecified atom stereocenters. The van der Waals surface area contributed by atoms with Gasteiger partial charge in [-0.2, -0.15) is 13.2 Å². The van der Waals surface area contributed by atoms with Crippen molar-refractivity contribution in [3.8, 4) is 11.3 Å². The molecular formula is C14H14F3NS. The summed E-state index contributed by atoms with van der Waals surface area (Å²) in [5, 5.41) is 2.85. The Morgan fingerprint density at radius 1 is 1.00 bits per heavy atom. The Balaban J connectivity index is 2.31. The Hall–Kier alpha value is -1.36. The molecule has 0 atom stereocenters. The molecule has 0 N–H and O–H groups in total. The van der Waals surface area contributed by atoms with Crippen molar-refractivity contribution in [3.63, 3.8) is 0 Å². The van der Waals surface area contributed by atoms with Crippen molar-refractivity contribution in [2.24, 2.45) is 0 Å². The van der Waals surface area contributed by atoms with Crippen LogP contribution in [-0.2, 0) is 11.6 Å². The van der Waals surface area contributed by atoms with Crippen LogP contribution >= 0.6 is 11.3 Å². The van der Waals surface area contributed by atoms with E-state index in [-0.39, 0.29) is 5.41 Å². The van der Waals surface area contributed by atoms with E-state index < -0.39 is 11.7 Å². The lowest BCUT2D eigenvalue weighted by molar-refractivity contribution is -0.137. The molecule has 0 aliphatic carbocycles. The van der Waals surface area contributed by atoms with E-state index in [9.17, 15) is 13.2 Å². The maximum Gasteiger partial charge on any atom is 0.416 e. The highest BCUT2D eigenvalue weighted by atomic mass is 32.1. The monoisotopic (exact) mass is 285 g/mol. The first kappa shape index (κ1) is 14.1. The Labute approximate surface area is 114 Å². The van der Waals surface area contributed by atoms with Gasteiger partial charge in [0.05, 0.1) is 16.3 Å². The van der Waals surface area contributed by atoms with Gasteiger partial charge in [-0.3, -0.25) is 0 Å². The predicted molar refractivity (Wildman–Crippen MR) is 71.3 cm³/mol. The van der Waals surface area contributed by atoms with Gasteiger partial charge in [0.1, 0.15) is 0 Å². The predicted octanol–water partition coefficient (Wildman–Crippen LogP) is 5.13. The SMILES string of the molecule is CC(C)(C)c1nc(-c2ccc(C(F)(F)F)cc2)cs1. The quantitative estimate of drug-likeness (QED) is 0.708. The van der Waals surface area contributed by atoms with E-state index in [0.29, 0.717) is 5.56 Å². The van der Waals surface area contributed by atoms with Gasteiger partial charge in [-0.1, -0.05) is 32.9 Å². The Kier molecular flexibility index (Phi) is 3.43. The molecule has 1 aromatic heterocycles. The second-order valence-electron chi connectivity index (χ2n) is 5.36. The first-order valence-corrected chi connectivity index (χ1v) is 6.69. The van der Waals surface area contributed by atoms with Gasteiger partial charge in [-0.05, 0) is 12.1 Å². The number of rotatable bonds is 1. The number of hydrogen-bond acceptors (Lipinski definition) is 2. The number of aromatic nitrogens is 1. The van der Waals surface area contributed by atoms with Crippen LogP contribution in [-0.4, -0.2) is 4.98 Å². The summed E-state index contributed by atoms with van der Waals surface area (Å²) in [6.45, 7) is 6.17. The lowest BCUT2D eigenvalue weighted by Crippen LogP contribution is -2.10. The Bertz CT molecular complexity index is 562. The molecule has 0 aliphatic rings. The Morgan fingerprint density at radius 2 is 1.58 bits per heavy atom. The molecule has 0 aliphatic heterocycles. The fraction of sp³-hybridized carbons (Fsp3) is 0.357. The van der Waals surface area contributed by atoms with Crippen molar-refractivity contribution in [3.05, 3.63) is 40.2 Å². The fourth-order valence-electron chi connectivity index (χ4n) is 1.58. The first-order chi connectivity index (χ1) is 8.68. The van der Waals surface area contributed by atoms with Gasteiger partial charge in [-0.25, -0.2) is 4.98 Å². The van der Waals surface area contributed by atoms with Crippen molar-refractivity contribution in [2.75, 3.05) is 0 Å². The molecule has 2 rings (SSSR count). The minimum absolute atomic E-state index is 0.0468. The molecule has 5 heteroatoms. The molecule has 0 fully saturated rings. The van der Waals surface area contributed by atoms with Gasteiger partial charge in [-0.15, -0.1) is 11.3 Å². The van der Waals surface area contributed by atoms with Crippen LogP contribution in [0, 0.1) is 0 Å². The van der Waals surface area contributed by atoms with Crippen LogP contribution in [0.15, 0.2) is 29.6 Å². The van der Waals surface area contributed by atoms with Gasteiger partial charge in [0, 0.05) is 16.4 Å². The Morgan fingerprint density at radius 3 is 2.00 bits per heavy atom. The molecule has 19 heavy (non-hydrogen) atoms. The maximum atomic E-state index is 12.5. The molecule has 0 amide bonds. The topological polar surface area (TPSA) is 12.9 Å². The molecule has 0 saturated heterocycles. The van der Waals surface area contributed by atoms with Crippen LogP contribution in [0.2, 0.25) is 0 Å². The number of hydrogen-bond donors (Lipinski definition) is 0. The van der Waals surface area contributed by atoms with Gasteiger partial charge in [0.15, 0.2) is 0 Å². The van der Waals surface area contributed by atoms with E-state index in [4.69, 9.17) is 0 Å². The van der Waals surface area contributed by atoms with Crippen LogP contribution < -0.4 is 0 Å². The molecule has 1 heterocycles. The second kappa shape index (κ2) is 4.63. The lowest BCUT2D eigenvalue weighted by Gasteiger charge is -2.13. The van der Waals surface area contributed by atoms with Gasteiger partial charge < -0.3 is 0 Å². The highest BCUT2D eigenvalue weighted by Gasteiger charge is 2.30. The van der Waals surface area contributed by atoms with E-state index in [1.54, 1.807) is 0 Å².